The Balaban J connectivity index is 1.12. The van der Waals surface area contributed by atoms with Crippen LogP contribution in [0.25, 0.3) is 0 Å². The zero-order chi connectivity index (χ0) is 37.2. The molecule has 5 aliphatic heterocycles. The molecule has 0 saturated carbocycles. The van der Waals surface area contributed by atoms with Crippen LogP contribution < -0.4 is 23.7 Å². The first kappa shape index (κ1) is 36.5. The zero-order valence-electron chi connectivity index (χ0n) is 29.7. The topological polar surface area (TPSA) is 178 Å². The van der Waals surface area contributed by atoms with Crippen LogP contribution in [0.15, 0.2) is 24.3 Å². The molecule has 0 radical (unpaired) electrons. The van der Waals surface area contributed by atoms with Crippen LogP contribution in [0.4, 0.5) is 0 Å². The average molecular weight is 763 g/mol. The van der Waals surface area contributed by atoms with Gasteiger partial charge in [0.05, 0.1) is 46.1 Å². The first-order valence-electron chi connectivity index (χ1n) is 17.4. The van der Waals surface area contributed by atoms with Gasteiger partial charge in [-0.15, -0.1) is 0 Å². The molecule has 0 aromatic heterocycles. The van der Waals surface area contributed by atoms with Crippen molar-refractivity contribution in [3.8, 4) is 28.7 Å². The average Bonchev–Trinajstić information content (AvgIpc) is 3.86. The first-order chi connectivity index (χ1) is 25.4. The van der Waals surface area contributed by atoms with Crippen molar-refractivity contribution in [2.75, 3.05) is 47.4 Å². The van der Waals surface area contributed by atoms with E-state index in [1.54, 1.807) is 25.1 Å². The number of benzene rings is 2. The summed E-state index contributed by atoms with van der Waals surface area (Å²) in [5, 5.41) is 22.1. The fourth-order valence-corrected chi connectivity index (χ4v) is 8.09. The van der Waals surface area contributed by atoms with Crippen LogP contribution in [0.1, 0.15) is 49.5 Å². The Morgan fingerprint density at radius 2 is 1.66 bits per heavy atom. The molecular weight excluding hydrogens is 720 g/mol. The number of fused-ring (bicyclic) bond motifs is 4. The van der Waals surface area contributed by atoms with Crippen LogP contribution in [0.2, 0.25) is 0 Å². The molecule has 0 amide bonds. The molecule has 9 unspecified atom stereocenters. The number of aliphatic hydroxyl groups is 2. The molecular formula is C36H42O16S. The Morgan fingerprint density at radius 3 is 2.34 bits per heavy atom. The van der Waals surface area contributed by atoms with Gasteiger partial charge in [0.15, 0.2) is 41.4 Å². The van der Waals surface area contributed by atoms with E-state index in [4.69, 9.17) is 73.8 Å². The third kappa shape index (κ3) is 6.76. The van der Waals surface area contributed by atoms with E-state index < -0.39 is 72.6 Å². The highest BCUT2D eigenvalue weighted by Crippen LogP contribution is 2.57. The lowest BCUT2D eigenvalue weighted by atomic mass is 9.66. The summed E-state index contributed by atoms with van der Waals surface area (Å²) in [4.78, 5) is 13.7. The summed E-state index contributed by atoms with van der Waals surface area (Å²) in [6.45, 7) is 5.95. The molecule has 11 atom stereocenters. The molecule has 6 aliphatic rings. The van der Waals surface area contributed by atoms with Gasteiger partial charge in [-0.3, -0.25) is 4.79 Å². The number of thiocarbonyl (C=S) groups is 1. The lowest BCUT2D eigenvalue weighted by molar-refractivity contribution is -0.364. The van der Waals surface area contributed by atoms with Crippen LogP contribution in [-0.2, 0) is 42.7 Å². The number of rotatable bonds is 8. The minimum atomic E-state index is -1.46. The lowest BCUT2D eigenvalue weighted by Crippen LogP contribution is -2.63. The number of hydrogen-bond donors (Lipinski definition) is 2. The molecule has 0 bridgehead atoms. The number of esters is 1. The van der Waals surface area contributed by atoms with E-state index >= 15 is 0 Å². The maximum atomic E-state index is 13.7. The summed E-state index contributed by atoms with van der Waals surface area (Å²) in [5.41, 5.74) is 1.98. The Hall–Kier alpha value is -3.52. The number of cyclic esters (lactones) is 1. The highest BCUT2D eigenvalue weighted by Gasteiger charge is 2.56. The first-order valence-corrected chi connectivity index (χ1v) is 17.8. The normalized spacial score (nSPS) is 35.1. The minimum Gasteiger partial charge on any atom is -0.493 e. The van der Waals surface area contributed by atoms with Crippen molar-refractivity contribution < 1.29 is 76.6 Å². The number of methoxy groups -OCH3 is 2. The van der Waals surface area contributed by atoms with E-state index in [1.165, 1.54) is 14.2 Å². The highest BCUT2D eigenvalue weighted by molar-refractivity contribution is 7.79. The molecule has 5 heterocycles. The molecule has 2 aromatic carbocycles. The zero-order valence-corrected chi connectivity index (χ0v) is 30.5. The third-order valence-corrected chi connectivity index (χ3v) is 10.6. The number of aliphatic hydroxyl groups excluding tert-OH is 2. The predicted molar refractivity (Wildman–Crippen MR) is 181 cm³/mol. The van der Waals surface area contributed by atoms with Crippen molar-refractivity contribution in [1.29, 1.82) is 0 Å². The molecule has 4 fully saturated rings. The van der Waals surface area contributed by atoms with Gasteiger partial charge in [-0.25, -0.2) is 0 Å². The quantitative estimate of drug-likeness (QED) is 0.296. The third-order valence-electron chi connectivity index (χ3n) is 10.4. The van der Waals surface area contributed by atoms with Crippen molar-refractivity contribution in [1.82, 2.24) is 0 Å². The number of hydrogen-bond acceptors (Lipinski definition) is 17. The Bertz CT molecular complexity index is 1710. The van der Waals surface area contributed by atoms with E-state index in [0.29, 0.717) is 34.8 Å². The maximum absolute atomic E-state index is 13.7. The van der Waals surface area contributed by atoms with E-state index in [-0.39, 0.29) is 55.2 Å². The fourth-order valence-electron chi connectivity index (χ4n) is 7.94. The molecule has 2 aromatic rings. The second kappa shape index (κ2) is 14.3. The summed E-state index contributed by atoms with van der Waals surface area (Å²) in [7, 11) is 2.95. The van der Waals surface area contributed by atoms with Gasteiger partial charge in [-0.1, -0.05) is 0 Å². The van der Waals surface area contributed by atoms with Crippen LogP contribution in [-0.4, -0.2) is 118 Å². The number of carbonyl (C=O) groups is 1. The fraction of sp³-hybridized carbons (Fsp3) is 0.611. The Morgan fingerprint density at radius 1 is 0.943 bits per heavy atom. The van der Waals surface area contributed by atoms with Crippen molar-refractivity contribution in [2.45, 2.75) is 81.7 Å². The van der Waals surface area contributed by atoms with Crippen LogP contribution in [0.5, 0.6) is 28.7 Å². The van der Waals surface area contributed by atoms with Crippen molar-refractivity contribution in [2.24, 2.45) is 11.8 Å². The van der Waals surface area contributed by atoms with E-state index in [9.17, 15) is 15.0 Å². The van der Waals surface area contributed by atoms with Gasteiger partial charge in [0.1, 0.15) is 37.1 Å². The molecule has 288 valence electrons. The predicted octanol–water partition coefficient (Wildman–Crippen LogP) is 2.46. The van der Waals surface area contributed by atoms with Gasteiger partial charge >= 0.3 is 11.2 Å². The van der Waals surface area contributed by atoms with E-state index in [2.05, 4.69) is 0 Å². The summed E-state index contributed by atoms with van der Waals surface area (Å²) in [6, 6.07) is 7.11. The number of ether oxygens (including phenoxy) is 13. The standard InChI is InChI=1S/C36H42O16S/c1-15-42-13-25-32(48-15)28(37)29(38)34(49-25)50-30-19-9-22-21(45-14-46-22)8-18(19)26(27-20(30)12-43-33(27)39)16-6-23(40-4)31(24(7-16)41-5)51-35(53)44-10-17-11-47-36(2,3)52-17/h6-9,15,17,20,25-30,32,34,37-38H,10-14H2,1-5H3/t15?,17?,20?,25?,26-,27+,28?,29?,30?,32?,34?/m1/s1. The van der Waals surface area contributed by atoms with Crippen molar-refractivity contribution in [3.63, 3.8) is 0 Å². The van der Waals surface area contributed by atoms with Gasteiger partial charge in [0, 0.05) is 24.1 Å². The maximum Gasteiger partial charge on any atom is 0.358 e. The SMILES string of the molecule is COc1cc([C@@H]2c3cc4c(cc3C(OC3OC5COC(C)OC5C(O)C3O)C3COC(=O)[C@@H]32)OCO4)cc(OC)c1OC(=S)OCC1COC(C)(C)O1. The van der Waals surface area contributed by atoms with Gasteiger partial charge < -0.3 is 71.8 Å². The minimum absolute atomic E-state index is 0.00870. The summed E-state index contributed by atoms with van der Waals surface area (Å²) < 4.78 is 75.8. The largest absolute Gasteiger partial charge is 0.493 e. The van der Waals surface area contributed by atoms with Crippen LogP contribution in [0.3, 0.4) is 0 Å². The summed E-state index contributed by atoms with van der Waals surface area (Å²) in [6.07, 6.45) is -7.31. The molecule has 16 nitrogen and oxygen atoms in total. The molecule has 53 heavy (non-hydrogen) atoms. The number of carbonyl (C=O) groups excluding carboxylic acids is 1. The van der Waals surface area contributed by atoms with E-state index in [0.717, 1.165) is 0 Å². The summed E-state index contributed by atoms with van der Waals surface area (Å²) >= 11 is 5.40. The Kier molecular flexibility index (Phi) is 9.82. The Labute approximate surface area is 310 Å². The van der Waals surface area contributed by atoms with Gasteiger partial charge in [0.2, 0.25) is 12.5 Å². The van der Waals surface area contributed by atoms with Gasteiger partial charge in [0.25, 0.3) is 0 Å². The van der Waals surface area contributed by atoms with Crippen LogP contribution in [0, 0.1) is 11.8 Å². The molecule has 17 heteroatoms. The summed E-state index contributed by atoms with van der Waals surface area (Å²) in [5.74, 6) is -1.42. The van der Waals surface area contributed by atoms with E-state index in [1.807, 2.05) is 19.9 Å². The molecule has 8 rings (SSSR count). The smallest absolute Gasteiger partial charge is 0.358 e. The monoisotopic (exact) mass is 762 g/mol. The molecule has 2 N–H and O–H groups in total. The lowest BCUT2D eigenvalue weighted by Gasteiger charge is -2.47. The molecule has 0 spiro atoms. The van der Waals surface area contributed by atoms with Crippen molar-refractivity contribution >= 4 is 23.4 Å². The molecule has 4 saturated heterocycles. The second-order valence-corrected chi connectivity index (χ2v) is 14.4. The second-order valence-electron chi connectivity index (χ2n) is 14.1. The van der Waals surface area contributed by atoms with Gasteiger partial charge in [-0.05, 0) is 61.7 Å². The van der Waals surface area contributed by atoms with Gasteiger partial charge in [-0.2, -0.15) is 0 Å². The van der Waals surface area contributed by atoms with Crippen LogP contribution >= 0.6 is 12.2 Å². The van der Waals surface area contributed by atoms with Crippen molar-refractivity contribution in [3.05, 3.63) is 41.0 Å². The highest BCUT2D eigenvalue weighted by atomic mass is 32.1. The molecule has 1 aliphatic carbocycles.